The van der Waals surface area contributed by atoms with Gasteiger partial charge in [0.25, 0.3) is 0 Å². The van der Waals surface area contributed by atoms with E-state index >= 15 is 0 Å². The van der Waals surface area contributed by atoms with E-state index in [1.54, 1.807) is 0 Å². The minimum Gasteiger partial charge on any atom is -0.486 e. The third kappa shape index (κ3) is 2.41. The van der Waals surface area contributed by atoms with E-state index in [4.69, 9.17) is 21.1 Å². The van der Waals surface area contributed by atoms with Gasteiger partial charge in [0.05, 0.1) is 10.6 Å². The fourth-order valence-corrected chi connectivity index (χ4v) is 2.97. The minimum atomic E-state index is -0.531. The number of ether oxygens (including phenoxy) is 2. The van der Waals surface area contributed by atoms with Crippen molar-refractivity contribution in [3.05, 3.63) is 22.2 Å². The molecule has 104 valence electrons. The van der Waals surface area contributed by atoms with E-state index in [0.717, 1.165) is 29.7 Å². The average molecular weight is 283 g/mol. The second-order valence-electron chi connectivity index (χ2n) is 5.84. The van der Waals surface area contributed by atoms with Crippen LogP contribution in [0.1, 0.15) is 43.7 Å². The molecular formula is C15H19ClO3. The molecule has 19 heavy (non-hydrogen) atoms. The third-order valence-electron chi connectivity index (χ3n) is 3.81. The molecule has 0 saturated heterocycles. The summed E-state index contributed by atoms with van der Waals surface area (Å²) in [6.45, 7) is 5.34. The second kappa shape index (κ2) is 4.57. The molecular weight excluding hydrogens is 264 g/mol. The quantitative estimate of drug-likeness (QED) is 0.924. The number of fused-ring (bicyclic) bond motifs is 1. The number of aliphatic hydroxyl groups is 1. The van der Waals surface area contributed by atoms with E-state index in [1.165, 1.54) is 0 Å². The summed E-state index contributed by atoms with van der Waals surface area (Å²) in [5, 5.41) is 10.8. The standard InChI is InChI=1S/C15H19ClO3/c1-9(2)12-10(8-15(17)3-4-15)7-11(16)13-14(12)19-6-5-18-13/h7,9,17H,3-6,8H2,1-2H3. The first-order valence-electron chi connectivity index (χ1n) is 6.83. The van der Waals surface area contributed by atoms with Gasteiger partial charge in [-0.1, -0.05) is 25.4 Å². The van der Waals surface area contributed by atoms with Gasteiger partial charge in [0.15, 0.2) is 11.5 Å². The van der Waals surface area contributed by atoms with Crippen LogP contribution in [-0.2, 0) is 6.42 Å². The lowest BCUT2D eigenvalue weighted by molar-refractivity contribution is 0.149. The first kappa shape index (κ1) is 13.1. The highest BCUT2D eigenvalue weighted by Crippen LogP contribution is 2.48. The molecule has 0 radical (unpaired) electrons. The summed E-state index contributed by atoms with van der Waals surface area (Å²) in [6.07, 6.45) is 2.39. The van der Waals surface area contributed by atoms with Gasteiger partial charge in [0, 0.05) is 12.0 Å². The average Bonchev–Trinajstić information content (AvgIpc) is 3.06. The number of halogens is 1. The molecule has 0 bridgehead atoms. The Kier molecular flexibility index (Phi) is 3.14. The zero-order valence-corrected chi connectivity index (χ0v) is 12.1. The summed E-state index contributed by atoms with van der Waals surface area (Å²) < 4.78 is 11.4. The Bertz CT molecular complexity index is 507. The van der Waals surface area contributed by atoms with Crippen molar-refractivity contribution in [3.8, 4) is 11.5 Å². The third-order valence-corrected chi connectivity index (χ3v) is 4.10. The van der Waals surface area contributed by atoms with Crippen molar-refractivity contribution >= 4 is 11.6 Å². The van der Waals surface area contributed by atoms with Gasteiger partial charge < -0.3 is 14.6 Å². The lowest BCUT2D eigenvalue weighted by atomic mass is 9.91. The van der Waals surface area contributed by atoms with Crippen LogP contribution < -0.4 is 9.47 Å². The van der Waals surface area contributed by atoms with Gasteiger partial charge in [-0.3, -0.25) is 0 Å². The van der Waals surface area contributed by atoms with Crippen LogP contribution in [0, 0.1) is 0 Å². The van der Waals surface area contributed by atoms with Crippen LogP contribution in [0.3, 0.4) is 0 Å². The van der Waals surface area contributed by atoms with Gasteiger partial charge in [0.2, 0.25) is 0 Å². The molecule has 1 fully saturated rings. The molecule has 3 rings (SSSR count). The maximum absolute atomic E-state index is 10.2. The van der Waals surface area contributed by atoms with Gasteiger partial charge in [0.1, 0.15) is 13.2 Å². The molecule has 3 nitrogen and oxygen atoms in total. The Hall–Kier alpha value is -0.930. The molecule has 0 spiro atoms. The van der Waals surface area contributed by atoms with Gasteiger partial charge in [-0.15, -0.1) is 0 Å². The van der Waals surface area contributed by atoms with Crippen molar-refractivity contribution in [2.24, 2.45) is 0 Å². The summed E-state index contributed by atoms with van der Waals surface area (Å²) >= 11 is 6.29. The summed E-state index contributed by atoms with van der Waals surface area (Å²) in [7, 11) is 0. The van der Waals surface area contributed by atoms with E-state index in [9.17, 15) is 5.11 Å². The Morgan fingerprint density at radius 2 is 1.89 bits per heavy atom. The molecule has 4 heteroatoms. The predicted octanol–water partition coefficient (Wildman–Crippen LogP) is 3.30. The van der Waals surface area contributed by atoms with Crippen LogP contribution in [0.5, 0.6) is 11.5 Å². The highest BCUT2D eigenvalue weighted by Gasteiger charge is 2.41. The van der Waals surface area contributed by atoms with Gasteiger partial charge in [-0.2, -0.15) is 0 Å². The second-order valence-corrected chi connectivity index (χ2v) is 6.25. The largest absolute Gasteiger partial charge is 0.486 e. The van der Waals surface area contributed by atoms with Crippen molar-refractivity contribution in [2.45, 2.75) is 44.6 Å². The molecule has 1 aliphatic heterocycles. The Balaban J connectivity index is 2.09. The number of hydrogen-bond acceptors (Lipinski definition) is 3. The molecule has 1 aromatic carbocycles. The molecule has 0 atom stereocenters. The Morgan fingerprint density at radius 1 is 1.26 bits per heavy atom. The zero-order chi connectivity index (χ0) is 13.6. The molecule has 0 unspecified atom stereocenters. The predicted molar refractivity (Wildman–Crippen MR) is 74.4 cm³/mol. The molecule has 0 aromatic heterocycles. The number of benzene rings is 1. The van der Waals surface area contributed by atoms with Crippen molar-refractivity contribution in [1.82, 2.24) is 0 Å². The van der Waals surface area contributed by atoms with Crippen LogP contribution in [0.25, 0.3) is 0 Å². The monoisotopic (exact) mass is 282 g/mol. The van der Waals surface area contributed by atoms with Crippen LogP contribution in [-0.4, -0.2) is 23.9 Å². The van der Waals surface area contributed by atoms with Crippen LogP contribution in [0.4, 0.5) is 0 Å². The summed E-state index contributed by atoms with van der Waals surface area (Å²) in [5.41, 5.74) is 1.68. The molecule has 1 N–H and O–H groups in total. The zero-order valence-electron chi connectivity index (χ0n) is 11.3. The number of hydrogen-bond donors (Lipinski definition) is 1. The van der Waals surface area contributed by atoms with E-state index in [-0.39, 0.29) is 0 Å². The fourth-order valence-electron chi connectivity index (χ4n) is 2.69. The highest BCUT2D eigenvalue weighted by atomic mass is 35.5. The highest BCUT2D eigenvalue weighted by molar-refractivity contribution is 6.32. The van der Waals surface area contributed by atoms with Crippen molar-refractivity contribution < 1.29 is 14.6 Å². The molecule has 1 heterocycles. The maximum atomic E-state index is 10.2. The van der Waals surface area contributed by atoms with Gasteiger partial charge in [-0.05, 0) is 30.4 Å². The van der Waals surface area contributed by atoms with Crippen molar-refractivity contribution in [3.63, 3.8) is 0 Å². The van der Waals surface area contributed by atoms with E-state index in [1.807, 2.05) is 6.07 Å². The Labute approximate surface area is 118 Å². The van der Waals surface area contributed by atoms with Crippen LogP contribution in [0.15, 0.2) is 6.07 Å². The van der Waals surface area contributed by atoms with Gasteiger partial charge >= 0.3 is 0 Å². The number of rotatable bonds is 3. The van der Waals surface area contributed by atoms with Crippen LogP contribution >= 0.6 is 11.6 Å². The summed E-state index contributed by atoms with van der Waals surface area (Å²) in [6, 6.07) is 1.93. The topological polar surface area (TPSA) is 38.7 Å². The minimum absolute atomic E-state index is 0.310. The van der Waals surface area contributed by atoms with E-state index in [2.05, 4.69) is 13.8 Å². The normalized spacial score (nSPS) is 19.6. The summed E-state index contributed by atoms with van der Waals surface area (Å²) in [5.74, 6) is 1.74. The van der Waals surface area contributed by atoms with Gasteiger partial charge in [-0.25, -0.2) is 0 Å². The van der Waals surface area contributed by atoms with Crippen LogP contribution in [0.2, 0.25) is 5.02 Å². The Morgan fingerprint density at radius 3 is 2.47 bits per heavy atom. The lowest BCUT2D eigenvalue weighted by Gasteiger charge is -2.26. The lowest BCUT2D eigenvalue weighted by Crippen LogP contribution is -2.20. The first-order valence-corrected chi connectivity index (χ1v) is 7.21. The smallest absolute Gasteiger partial charge is 0.180 e. The van der Waals surface area contributed by atoms with E-state index < -0.39 is 5.60 Å². The molecule has 1 aromatic rings. The molecule has 0 amide bonds. The molecule has 1 saturated carbocycles. The molecule has 2 aliphatic rings. The SMILES string of the molecule is CC(C)c1c(CC2(O)CC2)cc(Cl)c2c1OCCO2. The fraction of sp³-hybridized carbons (Fsp3) is 0.600. The molecule has 1 aliphatic carbocycles. The van der Waals surface area contributed by atoms with Crippen molar-refractivity contribution in [1.29, 1.82) is 0 Å². The maximum Gasteiger partial charge on any atom is 0.180 e. The first-order chi connectivity index (χ1) is 9.00. The van der Waals surface area contributed by atoms with E-state index in [0.29, 0.717) is 36.3 Å². The van der Waals surface area contributed by atoms with Crippen molar-refractivity contribution in [2.75, 3.05) is 13.2 Å². The summed E-state index contributed by atoms with van der Waals surface area (Å²) in [4.78, 5) is 0.